The summed E-state index contributed by atoms with van der Waals surface area (Å²) in [6.45, 7) is 5.17. The van der Waals surface area contributed by atoms with Gasteiger partial charge in [0.05, 0.1) is 0 Å². The molecule has 4 heteroatoms. The third-order valence-corrected chi connectivity index (χ3v) is 4.63. The van der Waals surface area contributed by atoms with E-state index in [2.05, 4.69) is 25.7 Å². The fourth-order valence-corrected chi connectivity index (χ4v) is 3.66. The number of carbonyl (C=O) groups excluding carboxylic acids is 1. The van der Waals surface area contributed by atoms with E-state index in [9.17, 15) is 4.79 Å². The third kappa shape index (κ3) is 4.23. The van der Waals surface area contributed by atoms with Gasteiger partial charge < -0.3 is 9.80 Å². The minimum atomic E-state index is 0.405. The molecule has 0 unspecified atom stereocenters. The van der Waals surface area contributed by atoms with Gasteiger partial charge in [-0.25, -0.2) is 0 Å². The molecule has 0 bridgehead atoms. The van der Waals surface area contributed by atoms with Gasteiger partial charge in [0.15, 0.2) is 0 Å². The minimum absolute atomic E-state index is 0.405. The summed E-state index contributed by atoms with van der Waals surface area (Å²) in [5.74, 6) is 1.09. The van der Waals surface area contributed by atoms with Crippen LogP contribution < -0.4 is 0 Å². The Kier molecular flexibility index (Phi) is 5.96. The van der Waals surface area contributed by atoms with Crippen molar-refractivity contribution in [1.29, 1.82) is 0 Å². The van der Waals surface area contributed by atoms with Crippen LogP contribution in [-0.2, 0) is 4.79 Å². The summed E-state index contributed by atoms with van der Waals surface area (Å²) in [7, 11) is 0. The van der Waals surface area contributed by atoms with Crippen LogP contribution in [0.15, 0.2) is 0 Å². The molecular weight excluding hydrogens is 292 g/mol. The topological polar surface area (TPSA) is 23.6 Å². The summed E-state index contributed by atoms with van der Waals surface area (Å²) in [6.07, 6.45) is 7.14. The molecule has 1 heterocycles. The first-order valence-corrected chi connectivity index (χ1v) is 8.48. The van der Waals surface area contributed by atoms with Crippen molar-refractivity contribution in [1.82, 2.24) is 9.80 Å². The van der Waals surface area contributed by atoms with E-state index in [1.54, 1.807) is 0 Å². The van der Waals surface area contributed by atoms with Crippen molar-refractivity contribution in [2.24, 2.45) is 5.92 Å². The molecule has 0 aromatic carbocycles. The molecule has 18 heavy (non-hydrogen) atoms. The maximum Gasteiger partial charge on any atom is 0.222 e. The number of amides is 1. The van der Waals surface area contributed by atoms with Gasteiger partial charge in [0.2, 0.25) is 5.91 Å². The van der Waals surface area contributed by atoms with Gasteiger partial charge in [0.25, 0.3) is 0 Å². The van der Waals surface area contributed by atoms with Gasteiger partial charge >= 0.3 is 0 Å². The Labute approximate surface area is 119 Å². The van der Waals surface area contributed by atoms with Crippen molar-refractivity contribution >= 4 is 21.8 Å². The Hall–Kier alpha value is -0.0900. The molecule has 2 aliphatic rings. The summed E-state index contributed by atoms with van der Waals surface area (Å²) in [5.41, 5.74) is 0. The molecule has 0 N–H and O–H groups in total. The molecule has 0 spiro atoms. The number of nitrogens with zero attached hydrogens (tertiary/aromatic N) is 2. The lowest BCUT2D eigenvalue weighted by atomic mass is 10.0. The smallest absolute Gasteiger partial charge is 0.222 e. The Morgan fingerprint density at radius 2 is 1.83 bits per heavy atom. The van der Waals surface area contributed by atoms with Gasteiger partial charge in [0.1, 0.15) is 0 Å². The van der Waals surface area contributed by atoms with Crippen molar-refractivity contribution in [3.8, 4) is 0 Å². The first-order chi connectivity index (χ1) is 8.79. The van der Waals surface area contributed by atoms with Gasteiger partial charge in [-0.1, -0.05) is 28.8 Å². The normalized spacial score (nSPS) is 23.3. The van der Waals surface area contributed by atoms with Crippen LogP contribution in [0.4, 0.5) is 0 Å². The summed E-state index contributed by atoms with van der Waals surface area (Å²) < 4.78 is 0. The van der Waals surface area contributed by atoms with E-state index < -0.39 is 0 Å². The highest BCUT2D eigenvalue weighted by Gasteiger charge is 2.23. The molecule has 0 radical (unpaired) electrons. The number of hydrogen-bond acceptors (Lipinski definition) is 2. The molecule has 1 amide bonds. The Bertz CT molecular complexity index is 267. The molecule has 2 fully saturated rings. The lowest BCUT2D eigenvalue weighted by Gasteiger charge is -2.23. The predicted octanol–water partition coefficient (Wildman–Crippen LogP) is 2.50. The number of halogens is 1. The van der Waals surface area contributed by atoms with Crippen LogP contribution in [0, 0.1) is 5.92 Å². The summed E-state index contributed by atoms with van der Waals surface area (Å²) >= 11 is 3.49. The Balaban J connectivity index is 1.76. The first kappa shape index (κ1) is 14.3. The minimum Gasteiger partial charge on any atom is -0.341 e. The highest BCUT2D eigenvalue weighted by molar-refractivity contribution is 9.09. The molecule has 0 aromatic rings. The van der Waals surface area contributed by atoms with E-state index in [0.29, 0.717) is 11.8 Å². The van der Waals surface area contributed by atoms with Crippen LogP contribution >= 0.6 is 15.9 Å². The zero-order chi connectivity index (χ0) is 12.8. The van der Waals surface area contributed by atoms with Crippen LogP contribution in [-0.4, -0.2) is 53.8 Å². The van der Waals surface area contributed by atoms with Crippen LogP contribution in [0.1, 0.15) is 38.5 Å². The van der Waals surface area contributed by atoms with Crippen molar-refractivity contribution < 1.29 is 4.79 Å². The van der Waals surface area contributed by atoms with E-state index in [4.69, 9.17) is 0 Å². The summed E-state index contributed by atoms with van der Waals surface area (Å²) in [4.78, 5) is 16.8. The predicted molar refractivity (Wildman–Crippen MR) is 78.0 cm³/mol. The fourth-order valence-electron chi connectivity index (χ4n) is 3.15. The Morgan fingerprint density at radius 3 is 2.56 bits per heavy atom. The highest BCUT2D eigenvalue weighted by Crippen LogP contribution is 2.28. The zero-order valence-electron chi connectivity index (χ0n) is 11.2. The van der Waals surface area contributed by atoms with Gasteiger partial charge in [0, 0.05) is 37.9 Å². The molecule has 1 saturated carbocycles. The molecule has 3 nitrogen and oxygen atoms in total. The van der Waals surface area contributed by atoms with Crippen LogP contribution in [0.3, 0.4) is 0 Å². The second-order valence-electron chi connectivity index (χ2n) is 5.62. The lowest BCUT2D eigenvalue weighted by molar-refractivity contribution is -0.132. The van der Waals surface area contributed by atoms with Crippen molar-refractivity contribution in [2.75, 3.05) is 38.1 Å². The number of hydrogen-bond donors (Lipinski definition) is 0. The number of carbonyl (C=O) groups is 1. The maximum atomic E-state index is 12.3. The largest absolute Gasteiger partial charge is 0.341 e. The van der Waals surface area contributed by atoms with E-state index in [0.717, 1.165) is 50.9 Å². The molecule has 0 aromatic heterocycles. The maximum absolute atomic E-state index is 12.3. The van der Waals surface area contributed by atoms with Gasteiger partial charge in [-0.3, -0.25) is 4.79 Å². The number of rotatable bonds is 4. The van der Waals surface area contributed by atoms with Gasteiger partial charge in [-0.2, -0.15) is 0 Å². The zero-order valence-corrected chi connectivity index (χ0v) is 12.8. The standard InChI is InChI=1S/C14H25BrN2O/c15-6-9-16-7-3-8-17(11-10-16)14(18)12-13-4-1-2-5-13/h13H,1-12H2. The van der Waals surface area contributed by atoms with Gasteiger partial charge in [-0.15, -0.1) is 0 Å². The lowest BCUT2D eigenvalue weighted by Crippen LogP contribution is -2.36. The van der Waals surface area contributed by atoms with Crippen LogP contribution in [0.25, 0.3) is 0 Å². The first-order valence-electron chi connectivity index (χ1n) is 7.35. The summed E-state index contributed by atoms with van der Waals surface area (Å²) in [6, 6.07) is 0. The SMILES string of the molecule is O=C(CC1CCCC1)N1CCCN(CCBr)CC1. The third-order valence-electron chi connectivity index (χ3n) is 4.28. The molecule has 1 aliphatic heterocycles. The molecule has 1 aliphatic carbocycles. The summed E-state index contributed by atoms with van der Waals surface area (Å²) in [5, 5.41) is 1.03. The van der Waals surface area contributed by atoms with Crippen molar-refractivity contribution in [3.05, 3.63) is 0 Å². The number of alkyl halides is 1. The van der Waals surface area contributed by atoms with Crippen molar-refractivity contribution in [2.45, 2.75) is 38.5 Å². The fraction of sp³-hybridized carbons (Fsp3) is 0.929. The van der Waals surface area contributed by atoms with Crippen LogP contribution in [0.5, 0.6) is 0 Å². The van der Waals surface area contributed by atoms with E-state index in [1.807, 2.05) is 0 Å². The average Bonchev–Trinajstić information content (AvgIpc) is 2.74. The molecule has 0 atom stereocenters. The van der Waals surface area contributed by atoms with E-state index in [1.165, 1.54) is 25.7 Å². The highest BCUT2D eigenvalue weighted by atomic mass is 79.9. The average molecular weight is 317 g/mol. The molecule has 104 valence electrons. The van der Waals surface area contributed by atoms with E-state index >= 15 is 0 Å². The van der Waals surface area contributed by atoms with Gasteiger partial charge in [-0.05, 0) is 31.7 Å². The monoisotopic (exact) mass is 316 g/mol. The molecular formula is C14H25BrN2O. The second kappa shape index (κ2) is 7.49. The molecule has 2 rings (SSSR count). The molecule has 1 saturated heterocycles. The quantitative estimate of drug-likeness (QED) is 0.744. The second-order valence-corrected chi connectivity index (χ2v) is 6.41. The van der Waals surface area contributed by atoms with Crippen molar-refractivity contribution in [3.63, 3.8) is 0 Å². The van der Waals surface area contributed by atoms with Crippen LogP contribution in [0.2, 0.25) is 0 Å². The van der Waals surface area contributed by atoms with E-state index in [-0.39, 0.29) is 0 Å². The Morgan fingerprint density at radius 1 is 1.06 bits per heavy atom.